The molecule has 1 unspecified atom stereocenters. The highest BCUT2D eigenvalue weighted by atomic mass is 32.2. The highest BCUT2D eigenvalue weighted by Gasteiger charge is 2.33. The van der Waals surface area contributed by atoms with E-state index < -0.39 is 10.0 Å². The second kappa shape index (κ2) is 6.39. The van der Waals surface area contributed by atoms with Gasteiger partial charge in [-0.05, 0) is 38.2 Å². The Morgan fingerprint density at radius 1 is 1.38 bits per heavy atom. The van der Waals surface area contributed by atoms with Crippen molar-refractivity contribution in [3.63, 3.8) is 0 Å². The molecule has 0 aliphatic carbocycles. The molecule has 1 aliphatic heterocycles. The van der Waals surface area contributed by atoms with E-state index >= 15 is 0 Å². The third kappa shape index (κ3) is 3.79. The smallest absolute Gasteiger partial charge is 0.243 e. The van der Waals surface area contributed by atoms with Gasteiger partial charge in [0.25, 0.3) is 0 Å². The summed E-state index contributed by atoms with van der Waals surface area (Å²) in [7, 11) is 0.547. The molecule has 0 aromatic heterocycles. The van der Waals surface area contributed by atoms with E-state index in [2.05, 4.69) is 4.90 Å². The van der Waals surface area contributed by atoms with Crippen LogP contribution in [0.4, 0.5) is 0 Å². The van der Waals surface area contributed by atoms with Crippen LogP contribution in [0, 0.1) is 0 Å². The molecule has 2 N–H and O–H groups in total. The van der Waals surface area contributed by atoms with Gasteiger partial charge in [0.05, 0.1) is 9.88 Å². The lowest BCUT2D eigenvalue weighted by Gasteiger charge is -2.20. The molecule has 1 heterocycles. The first kappa shape index (κ1) is 16.4. The number of sulfonamides is 1. The van der Waals surface area contributed by atoms with Gasteiger partial charge >= 0.3 is 0 Å². The largest absolute Gasteiger partial charge is 0.393 e. The lowest BCUT2D eigenvalue weighted by molar-refractivity contribution is 0.302. The van der Waals surface area contributed by atoms with Crippen molar-refractivity contribution in [1.82, 2.24) is 9.21 Å². The van der Waals surface area contributed by atoms with Crippen molar-refractivity contribution in [2.24, 2.45) is 5.73 Å². The van der Waals surface area contributed by atoms with E-state index in [4.69, 9.17) is 18.0 Å². The second-order valence-corrected chi connectivity index (χ2v) is 8.02. The highest BCUT2D eigenvalue weighted by molar-refractivity contribution is 7.89. The first-order valence-corrected chi connectivity index (χ1v) is 8.69. The van der Waals surface area contributed by atoms with Crippen molar-refractivity contribution in [3.05, 3.63) is 29.8 Å². The van der Waals surface area contributed by atoms with Crippen molar-refractivity contribution >= 4 is 27.2 Å². The molecule has 7 heteroatoms. The zero-order valence-corrected chi connectivity index (χ0v) is 14.0. The molecule has 1 aliphatic rings. The van der Waals surface area contributed by atoms with Crippen LogP contribution in [0.1, 0.15) is 12.0 Å². The third-order valence-corrected chi connectivity index (χ3v) is 5.82. The summed E-state index contributed by atoms with van der Waals surface area (Å²) in [5, 5.41) is 0. The van der Waals surface area contributed by atoms with Crippen molar-refractivity contribution in [1.29, 1.82) is 0 Å². The lowest BCUT2D eigenvalue weighted by atomic mass is 10.1. The topological polar surface area (TPSA) is 66.6 Å². The van der Waals surface area contributed by atoms with Gasteiger partial charge in [0.1, 0.15) is 0 Å². The third-order valence-electron chi connectivity index (χ3n) is 3.80. The molecule has 1 aromatic rings. The fourth-order valence-electron chi connectivity index (χ4n) is 2.48. The van der Waals surface area contributed by atoms with Gasteiger partial charge in [0, 0.05) is 25.6 Å². The summed E-state index contributed by atoms with van der Waals surface area (Å²) < 4.78 is 26.7. The maximum Gasteiger partial charge on any atom is 0.243 e. The van der Waals surface area contributed by atoms with Gasteiger partial charge in [-0.25, -0.2) is 8.42 Å². The molecule has 116 valence electrons. The van der Waals surface area contributed by atoms with Crippen LogP contribution in [0.5, 0.6) is 0 Å². The number of benzene rings is 1. The minimum Gasteiger partial charge on any atom is -0.393 e. The molecule has 1 aromatic carbocycles. The van der Waals surface area contributed by atoms with Crippen LogP contribution in [-0.2, 0) is 16.4 Å². The Kier molecular flexibility index (Phi) is 4.98. The van der Waals surface area contributed by atoms with E-state index in [0.29, 0.717) is 29.4 Å². The van der Waals surface area contributed by atoms with Gasteiger partial charge in [-0.2, -0.15) is 4.31 Å². The predicted octanol–water partition coefficient (Wildman–Crippen LogP) is 0.840. The van der Waals surface area contributed by atoms with E-state index in [0.717, 1.165) is 12.0 Å². The Hall–Kier alpha value is -1.02. The molecule has 0 amide bonds. The predicted molar refractivity (Wildman–Crippen MR) is 87.8 cm³/mol. The van der Waals surface area contributed by atoms with Crippen LogP contribution in [0.25, 0.3) is 0 Å². The van der Waals surface area contributed by atoms with Gasteiger partial charge in [-0.15, -0.1) is 0 Å². The van der Waals surface area contributed by atoms with Gasteiger partial charge in [-0.3, -0.25) is 0 Å². The Labute approximate surface area is 131 Å². The zero-order chi connectivity index (χ0) is 15.6. The molecule has 0 saturated carbocycles. The van der Waals surface area contributed by atoms with Crippen molar-refractivity contribution < 1.29 is 8.42 Å². The summed E-state index contributed by atoms with van der Waals surface area (Å²) in [6.07, 6.45) is 1.35. The molecule has 0 radical (unpaired) electrons. The van der Waals surface area contributed by atoms with Gasteiger partial charge < -0.3 is 10.6 Å². The van der Waals surface area contributed by atoms with E-state index in [1.165, 1.54) is 0 Å². The quantitative estimate of drug-likeness (QED) is 0.812. The number of likely N-dealkylation sites (N-methyl/N-ethyl adjacent to an activating group) is 1. The summed E-state index contributed by atoms with van der Waals surface area (Å²) in [6, 6.07) is 7.09. The Morgan fingerprint density at radius 2 is 2.00 bits per heavy atom. The number of nitrogens with zero attached hydrogens (tertiary/aromatic N) is 2. The molecular formula is C14H21N3O2S2. The van der Waals surface area contributed by atoms with Crippen molar-refractivity contribution in [3.8, 4) is 0 Å². The zero-order valence-electron chi connectivity index (χ0n) is 12.3. The van der Waals surface area contributed by atoms with Crippen molar-refractivity contribution in [2.75, 3.05) is 27.2 Å². The lowest BCUT2D eigenvalue weighted by Crippen LogP contribution is -2.34. The van der Waals surface area contributed by atoms with E-state index in [1.54, 1.807) is 28.6 Å². The normalized spacial score (nSPS) is 20.0. The van der Waals surface area contributed by atoms with Gasteiger partial charge in [-0.1, -0.05) is 24.4 Å². The summed E-state index contributed by atoms with van der Waals surface area (Å²) in [6.45, 7) is 1.11. The van der Waals surface area contributed by atoms with Crippen LogP contribution in [0.2, 0.25) is 0 Å². The average molecular weight is 327 g/mol. The highest BCUT2D eigenvalue weighted by Crippen LogP contribution is 2.23. The van der Waals surface area contributed by atoms with Crippen LogP contribution in [-0.4, -0.2) is 55.8 Å². The summed E-state index contributed by atoms with van der Waals surface area (Å²) in [5.41, 5.74) is 6.42. The first-order valence-electron chi connectivity index (χ1n) is 6.84. The fraction of sp³-hybridized carbons (Fsp3) is 0.500. The van der Waals surface area contributed by atoms with E-state index in [1.807, 2.05) is 14.1 Å². The molecule has 1 saturated heterocycles. The van der Waals surface area contributed by atoms with Gasteiger partial charge in [0.2, 0.25) is 10.0 Å². The summed E-state index contributed by atoms with van der Waals surface area (Å²) in [4.78, 5) is 2.80. The number of hydrogen-bond acceptors (Lipinski definition) is 4. The average Bonchev–Trinajstić information content (AvgIpc) is 2.89. The molecular weight excluding hydrogens is 306 g/mol. The first-order chi connectivity index (χ1) is 9.80. The molecule has 21 heavy (non-hydrogen) atoms. The molecule has 1 atom stereocenters. The maximum absolute atomic E-state index is 12.6. The summed E-state index contributed by atoms with van der Waals surface area (Å²) in [5.74, 6) is 0. The van der Waals surface area contributed by atoms with Crippen LogP contribution in [0.15, 0.2) is 29.2 Å². The maximum atomic E-state index is 12.6. The van der Waals surface area contributed by atoms with E-state index in [9.17, 15) is 8.42 Å². The fourth-order valence-corrected chi connectivity index (χ4v) is 4.14. The minimum atomic E-state index is -3.41. The van der Waals surface area contributed by atoms with Crippen LogP contribution in [0.3, 0.4) is 0 Å². The van der Waals surface area contributed by atoms with Crippen LogP contribution >= 0.6 is 12.2 Å². The molecule has 1 fully saturated rings. The van der Waals surface area contributed by atoms with Gasteiger partial charge in [0.15, 0.2) is 0 Å². The standard InChI is InChI=1S/C14H21N3O2S2/c1-16(2)12-7-8-17(10-12)21(18,19)13-5-3-11(4-6-13)9-14(15)20/h3-6,12H,7-10H2,1-2H3,(H2,15,20). The molecule has 0 bridgehead atoms. The number of rotatable bonds is 5. The van der Waals surface area contributed by atoms with E-state index in [-0.39, 0.29) is 6.04 Å². The Balaban J connectivity index is 2.15. The molecule has 2 rings (SSSR count). The van der Waals surface area contributed by atoms with Crippen molar-refractivity contribution in [2.45, 2.75) is 23.8 Å². The van der Waals surface area contributed by atoms with Crippen LogP contribution < -0.4 is 5.73 Å². The molecule has 5 nitrogen and oxygen atoms in total. The second-order valence-electron chi connectivity index (χ2n) is 5.56. The summed E-state index contributed by atoms with van der Waals surface area (Å²) >= 11 is 4.86. The Bertz CT molecular complexity index is 612. The SMILES string of the molecule is CN(C)C1CCN(S(=O)(=O)c2ccc(CC(N)=S)cc2)C1. The minimum absolute atomic E-state index is 0.286. The number of nitrogens with two attached hydrogens (primary N) is 1. The monoisotopic (exact) mass is 327 g/mol. The Morgan fingerprint density at radius 3 is 2.48 bits per heavy atom. The number of thiocarbonyl (C=S) groups is 1. The molecule has 0 spiro atoms. The number of hydrogen-bond donors (Lipinski definition) is 1.